The molecule has 7 nitrogen and oxygen atoms in total. The minimum Gasteiger partial charge on any atom is -0.383 e. The first-order valence-electron chi connectivity index (χ1n) is 6.61. The molecular weight excluding hydrogens is 282 g/mol. The highest BCUT2D eigenvalue weighted by Crippen LogP contribution is 2.11. The lowest BCUT2D eigenvalue weighted by Crippen LogP contribution is -2.15. The zero-order valence-corrected chi connectivity index (χ0v) is 12.0. The highest BCUT2D eigenvalue weighted by atomic mass is 16.5. The number of hydrogen-bond donors (Lipinski definition) is 2. The predicted molar refractivity (Wildman–Crippen MR) is 81.5 cm³/mol. The molecule has 0 atom stereocenters. The first-order chi connectivity index (χ1) is 10.7. The van der Waals surface area contributed by atoms with Crippen molar-refractivity contribution < 1.29 is 9.53 Å². The summed E-state index contributed by atoms with van der Waals surface area (Å²) in [5.74, 6) is 0.186. The standard InChI is InChI=1S/C15H15N5O2/c1-22-8-7-17-14-6-5-13(19-20-14)15(21)18-12-4-2-3-11(9-12)10-16/h2-6,9H,7-8H2,1H3,(H,17,20)(H,18,21). The van der Waals surface area contributed by atoms with Crippen LogP contribution in [-0.4, -0.2) is 36.4 Å². The van der Waals surface area contributed by atoms with Gasteiger partial charge in [0.1, 0.15) is 5.82 Å². The summed E-state index contributed by atoms with van der Waals surface area (Å²) in [6.07, 6.45) is 0. The Hall–Kier alpha value is -2.98. The first-order valence-corrected chi connectivity index (χ1v) is 6.61. The number of rotatable bonds is 6. The van der Waals surface area contributed by atoms with E-state index in [4.69, 9.17) is 10.00 Å². The van der Waals surface area contributed by atoms with Crippen LogP contribution in [0.2, 0.25) is 0 Å². The molecule has 0 saturated carbocycles. The molecule has 0 bridgehead atoms. The molecule has 0 unspecified atom stereocenters. The highest BCUT2D eigenvalue weighted by Gasteiger charge is 2.09. The molecule has 0 aliphatic heterocycles. The molecule has 0 spiro atoms. The number of aromatic nitrogens is 2. The second-order valence-corrected chi connectivity index (χ2v) is 4.37. The molecule has 22 heavy (non-hydrogen) atoms. The van der Waals surface area contributed by atoms with Crippen molar-refractivity contribution in [3.63, 3.8) is 0 Å². The summed E-state index contributed by atoms with van der Waals surface area (Å²) in [5.41, 5.74) is 1.20. The maximum atomic E-state index is 12.0. The van der Waals surface area contributed by atoms with Gasteiger partial charge in [-0.15, -0.1) is 10.2 Å². The van der Waals surface area contributed by atoms with Crippen LogP contribution in [0.5, 0.6) is 0 Å². The lowest BCUT2D eigenvalue weighted by atomic mass is 10.2. The zero-order chi connectivity index (χ0) is 15.8. The Morgan fingerprint density at radius 2 is 2.18 bits per heavy atom. The molecular formula is C15H15N5O2. The second kappa shape index (κ2) is 7.71. The molecule has 112 valence electrons. The van der Waals surface area contributed by atoms with Crippen molar-refractivity contribution in [1.29, 1.82) is 5.26 Å². The number of carbonyl (C=O) groups excluding carboxylic acids is 1. The number of benzene rings is 1. The molecule has 0 aliphatic rings. The summed E-state index contributed by atoms with van der Waals surface area (Å²) < 4.78 is 4.91. The van der Waals surface area contributed by atoms with Gasteiger partial charge >= 0.3 is 0 Å². The number of methoxy groups -OCH3 is 1. The fourth-order valence-electron chi connectivity index (χ4n) is 1.69. The molecule has 0 aliphatic carbocycles. The van der Waals surface area contributed by atoms with Crippen LogP contribution in [0.25, 0.3) is 0 Å². The molecule has 0 fully saturated rings. The van der Waals surface area contributed by atoms with Crippen molar-refractivity contribution in [3.05, 3.63) is 47.7 Å². The zero-order valence-electron chi connectivity index (χ0n) is 12.0. The Morgan fingerprint density at radius 1 is 1.32 bits per heavy atom. The van der Waals surface area contributed by atoms with Crippen LogP contribution < -0.4 is 10.6 Å². The Morgan fingerprint density at radius 3 is 2.86 bits per heavy atom. The van der Waals surface area contributed by atoms with Gasteiger partial charge in [0, 0.05) is 19.3 Å². The third-order valence-electron chi connectivity index (χ3n) is 2.76. The summed E-state index contributed by atoms with van der Waals surface area (Å²) in [6, 6.07) is 11.9. The molecule has 7 heteroatoms. The van der Waals surface area contributed by atoms with E-state index < -0.39 is 0 Å². The molecule has 2 N–H and O–H groups in total. The smallest absolute Gasteiger partial charge is 0.276 e. The maximum absolute atomic E-state index is 12.0. The fraction of sp³-hybridized carbons (Fsp3) is 0.200. The topological polar surface area (TPSA) is 99.9 Å². The van der Waals surface area contributed by atoms with Crippen LogP contribution >= 0.6 is 0 Å². The summed E-state index contributed by atoms with van der Waals surface area (Å²) in [7, 11) is 1.61. The van der Waals surface area contributed by atoms with Crippen molar-refractivity contribution >= 4 is 17.4 Å². The van der Waals surface area contributed by atoms with Crippen LogP contribution in [0, 0.1) is 11.3 Å². The molecule has 2 rings (SSSR count). The summed E-state index contributed by atoms with van der Waals surface area (Å²) in [4.78, 5) is 12.0. The number of hydrogen-bond acceptors (Lipinski definition) is 6. The summed E-state index contributed by atoms with van der Waals surface area (Å²) in [5, 5.41) is 22.3. The quantitative estimate of drug-likeness (QED) is 0.786. The predicted octanol–water partition coefficient (Wildman–Crippen LogP) is 1.66. The van der Waals surface area contributed by atoms with E-state index >= 15 is 0 Å². The monoisotopic (exact) mass is 297 g/mol. The molecule has 1 amide bonds. The minimum atomic E-state index is -0.383. The Kier molecular flexibility index (Phi) is 5.40. The van der Waals surface area contributed by atoms with Gasteiger partial charge in [-0.05, 0) is 30.3 Å². The van der Waals surface area contributed by atoms with Crippen molar-refractivity contribution in [2.45, 2.75) is 0 Å². The third-order valence-corrected chi connectivity index (χ3v) is 2.76. The van der Waals surface area contributed by atoms with E-state index in [0.29, 0.717) is 30.2 Å². The number of nitrogens with zero attached hydrogens (tertiary/aromatic N) is 3. The van der Waals surface area contributed by atoms with Crippen molar-refractivity contribution in [3.8, 4) is 6.07 Å². The number of ether oxygens (including phenoxy) is 1. The number of anilines is 2. The number of nitriles is 1. The van der Waals surface area contributed by atoms with Gasteiger partial charge in [0.25, 0.3) is 5.91 Å². The van der Waals surface area contributed by atoms with E-state index in [0.717, 1.165) is 0 Å². The summed E-state index contributed by atoms with van der Waals surface area (Å²) >= 11 is 0. The lowest BCUT2D eigenvalue weighted by Gasteiger charge is -2.06. The Balaban J connectivity index is 1.99. The van der Waals surface area contributed by atoms with Gasteiger partial charge in [-0.2, -0.15) is 5.26 Å². The van der Waals surface area contributed by atoms with Gasteiger partial charge in [-0.25, -0.2) is 0 Å². The van der Waals surface area contributed by atoms with Crippen molar-refractivity contribution in [1.82, 2.24) is 10.2 Å². The van der Waals surface area contributed by atoms with Gasteiger partial charge in [0.05, 0.1) is 18.2 Å². The van der Waals surface area contributed by atoms with Crippen LogP contribution in [-0.2, 0) is 4.74 Å². The fourth-order valence-corrected chi connectivity index (χ4v) is 1.69. The van der Waals surface area contributed by atoms with E-state index in [1.54, 1.807) is 43.5 Å². The largest absolute Gasteiger partial charge is 0.383 e. The van der Waals surface area contributed by atoms with Crippen LogP contribution in [0.3, 0.4) is 0 Å². The van der Waals surface area contributed by atoms with Crippen LogP contribution in [0.15, 0.2) is 36.4 Å². The average Bonchev–Trinajstić information content (AvgIpc) is 2.56. The Bertz CT molecular complexity index is 679. The van der Waals surface area contributed by atoms with E-state index in [9.17, 15) is 4.79 Å². The van der Waals surface area contributed by atoms with Gasteiger partial charge in [-0.3, -0.25) is 4.79 Å². The molecule has 2 aromatic rings. The molecule has 1 aromatic heterocycles. The maximum Gasteiger partial charge on any atom is 0.276 e. The van der Waals surface area contributed by atoms with Crippen LogP contribution in [0.1, 0.15) is 16.1 Å². The number of carbonyl (C=O) groups is 1. The highest BCUT2D eigenvalue weighted by molar-refractivity contribution is 6.02. The lowest BCUT2D eigenvalue weighted by molar-refractivity contribution is 0.102. The normalized spacial score (nSPS) is 9.82. The van der Waals surface area contributed by atoms with Crippen molar-refractivity contribution in [2.24, 2.45) is 0 Å². The molecule has 0 saturated heterocycles. The van der Waals surface area contributed by atoms with Crippen molar-refractivity contribution in [2.75, 3.05) is 30.9 Å². The van der Waals surface area contributed by atoms with Gasteiger partial charge in [0.2, 0.25) is 0 Å². The summed E-state index contributed by atoms with van der Waals surface area (Å²) in [6.45, 7) is 1.16. The number of amides is 1. The van der Waals surface area contributed by atoms with E-state index in [1.165, 1.54) is 0 Å². The molecule has 1 aromatic carbocycles. The minimum absolute atomic E-state index is 0.194. The second-order valence-electron chi connectivity index (χ2n) is 4.37. The third kappa shape index (κ3) is 4.26. The molecule has 1 heterocycles. The van der Waals surface area contributed by atoms with Gasteiger partial charge in [0.15, 0.2) is 5.69 Å². The van der Waals surface area contributed by atoms with E-state index in [2.05, 4.69) is 20.8 Å². The SMILES string of the molecule is COCCNc1ccc(C(=O)Nc2cccc(C#N)c2)nn1. The molecule has 0 radical (unpaired) electrons. The van der Waals surface area contributed by atoms with Gasteiger partial charge in [-0.1, -0.05) is 6.07 Å². The van der Waals surface area contributed by atoms with Gasteiger partial charge < -0.3 is 15.4 Å². The van der Waals surface area contributed by atoms with Crippen LogP contribution in [0.4, 0.5) is 11.5 Å². The average molecular weight is 297 g/mol. The number of nitrogens with one attached hydrogen (secondary N) is 2. The van der Waals surface area contributed by atoms with E-state index in [1.807, 2.05) is 6.07 Å². The van der Waals surface area contributed by atoms with E-state index in [-0.39, 0.29) is 11.6 Å². The Labute approximate surface area is 127 Å². The first kappa shape index (κ1) is 15.4.